The Bertz CT molecular complexity index is 1330. The second-order valence-corrected chi connectivity index (χ2v) is 12.5. The van der Waals surface area contributed by atoms with Crippen LogP contribution in [0.3, 0.4) is 0 Å². The lowest BCUT2D eigenvalue weighted by Crippen LogP contribution is -2.58. The summed E-state index contributed by atoms with van der Waals surface area (Å²) in [7, 11) is 0. The number of aryl methyl sites for hydroxylation is 1. The Labute approximate surface area is 231 Å². The largest absolute Gasteiger partial charge is 0.391 e. The minimum absolute atomic E-state index is 0.0369. The smallest absolute Gasteiger partial charge is 0.246 e. The molecule has 1 aromatic heterocycles. The van der Waals surface area contributed by atoms with E-state index in [1.54, 1.807) is 45.3 Å². The van der Waals surface area contributed by atoms with Crippen LogP contribution >= 0.6 is 11.3 Å². The summed E-state index contributed by atoms with van der Waals surface area (Å²) in [5.74, 6) is -1.90. The molecule has 2 fully saturated rings. The minimum atomic E-state index is -1.11. The zero-order valence-corrected chi connectivity index (χ0v) is 23.6. The maximum Gasteiger partial charge on any atom is 0.246 e. The topological polar surface area (TPSA) is 135 Å². The first kappa shape index (κ1) is 28.6. The average Bonchev–Trinajstić information content (AvgIpc) is 3.41. The number of rotatable bonds is 7. The van der Waals surface area contributed by atoms with Crippen LogP contribution < -0.4 is 10.6 Å². The molecule has 2 heterocycles. The molecule has 1 aliphatic carbocycles. The second kappa shape index (κ2) is 10.7. The van der Waals surface area contributed by atoms with E-state index in [-0.39, 0.29) is 13.0 Å². The number of aliphatic hydroxyl groups excluding tert-OH is 1. The van der Waals surface area contributed by atoms with Crippen LogP contribution in [0.1, 0.15) is 64.3 Å². The third kappa shape index (κ3) is 5.82. The molecule has 9 nitrogen and oxygen atoms in total. The minimum Gasteiger partial charge on any atom is -0.391 e. The number of nitriles is 1. The Hall–Kier alpha value is -3.36. The van der Waals surface area contributed by atoms with Crippen molar-refractivity contribution in [3.8, 4) is 16.5 Å². The van der Waals surface area contributed by atoms with E-state index in [4.69, 9.17) is 0 Å². The van der Waals surface area contributed by atoms with Gasteiger partial charge in [-0.3, -0.25) is 14.4 Å². The van der Waals surface area contributed by atoms with Crippen LogP contribution in [0.2, 0.25) is 0 Å². The summed E-state index contributed by atoms with van der Waals surface area (Å²) < 4.78 is 15.0. The quantitative estimate of drug-likeness (QED) is 0.480. The van der Waals surface area contributed by atoms with E-state index in [1.807, 2.05) is 13.0 Å². The molecular formula is C28H34FN5O4S. The van der Waals surface area contributed by atoms with E-state index in [1.165, 1.54) is 22.3 Å². The number of hydrogen-bond acceptors (Lipinski definition) is 7. The van der Waals surface area contributed by atoms with Gasteiger partial charge in [0.05, 0.1) is 34.3 Å². The van der Waals surface area contributed by atoms with Gasteiger partial charge in [0, 0.05) is 18.5 Å². The Kier molecular flexibility index (Phi) is 7.83. The molecular weight excluding hydrogens is 521 g/mol. The lowest BCUT2D eigenvalue weighted by molar-refractivity contribution is -0.144. The number of amides is 3. The van der Waals surface area contributed by atoms with Crippen molar-refractivity contribution in [2.24, 2.45) is 10.8 Å². The first-order valence-corrected chi connectivity index (χ1v) is 13.9. The SMILES string of the molecule is Cc1ncsc1-c1ccc([C@H](C)NC(=O)[C@@H]2C[C@@H](O)CN2C(=O)[C@@H](NC(=O)C2(C#N)CC2)C(C)(C)C)cc1F. The van der Waals surface area contributed by atoms with Crippen molar-refractivity contribution in [3.63, 3.8) is 0 Å². The molecule has 2 aromatic rings. The zero-order valence-electron chi connectivity index (χ0n) is 22.7. The molecule has 1 saturated carbocycles. The summed E-state index contributed by atoms with van der Waals surface area (Å²) in [6, 6.07) is 4.28. The van der Waals surface area contributed by atoms with Crippen molar-refractivity contribution in [2.75, 3.05) is 6.54 Å². The van der Waals surface area contributed by atoms with Crippen molar-refractivity contribution in [1.82, 2.24) is 20.5 Å². The number of benzene rings is 1. The van der Waals surface area contributed by atoms with Gasteiger partial charge in [-0.1, -0.05) is 32.9 Å². The van der Waals surface area contributed by atoms with Gasteiger partial charge in [-0.25, -0.2) is 9.37 Å². The standard InChI is InChI=1S/C28H34FN5O4S/c1-15(17-6-7-19(20(29)10-17)22-16(2)31-14-39-22)32-24(36)21-11-18(35)12-34(21)25(37)23(27(3,4)5)33-26(38)28(13-30)8-9-28/h6-7,10,14-15,18,21,23,35H,8-9,11-12H2,1-5H3,(H,32,36)(H,33,38)/t15-,18+,21-,23+/m0/s1. The first-order valence-electron chi connectivity index (χ1n) is 13.0. The van der Waals surface area contributed by atoms with E-state index in [0.29, 0.717) is 24.0 Å². The third-order valence-electron chi connectivity index (χ3n) is 7.49. The van der Waals surface area contributed by atoms with Crippen LogP contribution in [-0.4, -0.2) is 57.4 Å². The predicted octanol–water partition coefficient (Wildman–Crippen LogP) is 3.23. The number of halogens is 1. The summed E-state index contributed by atoms with van der Waals surface area (Å²) in [4.78, 5) is 46.0. The van der Waals surface area contributed by atoms with Crippen LogP contribution in [-0.2, 0) is 14.4 Å². The molecule has 3 amide bonds. The molecule has 39 heavy (non-hydrogen) atoms. The Morgan fingerprint density at radius 3 is 2.51 bits per heavy atom. The van der Waals surface area contributed by atoms with Gasteiger partial charge in [-0.15, -0.1) is 11.3 Å². The number of hydrogen-bond donors (Lipinski definition) is 3. The molecule has 0 radical (unpaired) electrons. The molecule has 3 N–H and O–H groups in total. The van der Waals surface area contributed by atoms with Crippen LogP contribution in [0.25, 0.3) is 10.4 Å². The fraction of sp³-hybridized carbons (Fsp3) is 0.536. The number of aliphatic hydroxyl groups is 1. The van der Waals surface area contributed by atoms with Gasteiger partial charge in [-0.2, -0.15) is 5.26 Å². The molecule has 208 valence electrons. The molecule has 1 aliphatic heterocycles. The summed E-state index contributed by atoms with van der Waals surface area (Å²) >= 11 is 1.35. The molecule has 0 spiro atoms. The Morgan fingerprint density at radius 1 is 1.28 bits per heavy atom. The molecule has 0 unspecified atom stereocenters. The monoisotopic (exact) mass is 555 g/mol. The molecule has 4 atom stereocenters. The summed E-state index contributed by atoms with van der Waals surface area (Å²) in [6.07, 6.45) is 0.00766. The highest BCUT2D eigenvalue weighted by Gasteiger charge is 2.53. The van der Waals surface area contributed by atoms with Gasteiger partial charge >= 0.3 is 0 Å². The van der Waals surface area contributed by atoms with E-state index < -0.39 is 58.6 Å². The van der Waals surface area contributed by atoms with Crippen LogP contribution in [0.15, 0.2) is 23.7 Å². The van der Waals surface area contributed by atoms with Crippen molar-refractivity contribution in [1.29, 1.82) is 5.26 Å². The second-order valence-electron chi connectivity index (χ2n) is 11.6. The molecule has 11 heteroatoms. The Balaban J connectivity index is 1.49. The number of likely N-dealkylation sites (tertiary alicyclic amines) is 1. The fourth-order valence-electron chi connectivity index (χ4n) is 4.84. The number of thiazole rings is 1. The molecule has 0 bridgehead atoms. The fourth-order valence-corrected chi connectivity index (χ4v) is 5.67. The van der Waals surface area contributed by atoms with Gasteiger partial charge in [0.15, 0.2) is 0 Å². The highest BCUT2D eigenvalue weighted by molar-refractivity contribution is 7.13. The normalized spacial score (nSPS) is 21.5. The molecule has 1 saturated heterocycles. The van der Waals surface area contributed by atoms with Crippen molar-refractivity contribution in [2.45, 2.75) is 78.1 Å². The number of nitrogens with zero attached hydrogens (tertiary/aromatic N) is 3. The van der Waals surface area contributed by atoms with Gasteiger partial charge < -0.3 is 20.6 Å². The van der Waals surface area contributed by atoms with Crippen LogP contribution in [0.4, 0.5) is 4.39 Å². The van der Waals surface area contributed by atoms with Crippen LogP contribution in [0, 0.1) is 34.9 Å². The lowest BCUT2D eigenvalue weighted by atomic mass is 9.85. The summed E-state index contributed by atoms with van der Waals surface area (Å²) in [5, 5.41) is 25.4. The summed E-state index contributed by atoms with van der Waals surface area (Å²) in [6.45, 7) is 8.84. The van der Waals surface area contributed by atoms with E-state index >= 15 is 0 Å². The molecule has 1 aromatic carbocycles. The summed E-state index contributed by atoms with van der Waals surface area (Å²) in [5.41, 5.74) is 1.57. The van der Waals surface area contributed by atoms with E-state index in [2.05, 4.69) is 15.6 Å². The van der Waals surface area contributed by atoms with Gasteiger partial charge in [-0.05, 0) is 43.7 Å². The van der Waals surface area contributed by atoms with Gasteiger partial charge in [0.2, 0.25) is 17.7 Å². The maximum absolute atomic E-state index is 15.0. The molecule has 2 aliphatic rings. The first-order chi connectivity index (χ1) is 18.3. The van der Waals surface area contributed by atoms with Crippen molar-refractivity contribution in [3.05, 3.63) is 40.8 Å². The number of carbonyl (C=O) groups excluding carboxylic acids is 3. The third-order valence-corrected chi connectivity index (χ3v) is 8.46. The lowest BCUT2D eigenvalue weighted by Gasteiger charge is -2.36. The highest BCUT2D eigenvalue weighted by Crippen LogP contribution is 2.45. The van der Waals surface area contributed by atoms with E-state index in [9.17, 15) is 29.1 Å². The number of β-amino-alcohol motifs (C(OH)–C–C–N with tert-alkyl or cyclic N) is 1. The van der Waals surface area contributed by atoms with Gasteiger partial charge in [0.1, 0.15) is 23.3 Å². The van der Waals surface area contributed by atoms with Crippen LogP contribution in [0.5, 0.6) is 0 Å². The van der Waals surface area contributed by atoms with Crippen molar-refractivity contribution >= 4 is 29.1 Å². The van der Waals surface area contributed by atoms with Crippen molar-refractivity contribution < 1.29 is 23.9 Å². The Morgan fingerprint density at radius 2 is 1.97 bits per heavy atom. The predicted molar refractivity (Wildman–Crippen MR) is 144 cm³/mol. The zero-order chi connectivity index (χ0) is 28.7. The molecule has 4 rings (SSSR count). The highest BCUT2D eigenvalue weighted by atomic mass is 32.1. The maximum atomic E-state index is 15.0. The number of nitrogens with one attached hydrogen (secondary N) is 2. The number of carbonyl (C=O) groups is 3. The van der Waals surface area contributed by atoms with E-state index in [0.717, 1.165) is 10.6 Å². The average molecular weight is 556 g/mol. The van der Waals surface area contributed by atoms with Gasteiger partial charge in [0.25, 0.3) is 0 Å². The number of aromatic nitrogens is 1.